The molecule has 94 valence electrons. The molecule has 1 heterocycles. The van der Waals surface area contributed by atoms with Gasteiger partial charge in [-0.3, -0.25) is 9.78 Å². The third-order valence-corrected chi connectivity index (χ3v) is 2.81. The maximum Gasteiger partial charge on any atom is 0.225 e. The first-order valence-corrected chi connectivity index (χ1v) is 5.99. The first-order chi connectivity index (χ1) is 8.15. The van der Waals surface area contributed by atoms with E-state index in [0.29, 0.717) is 13.1 Å². The molecule has 0 saturated heterocycles. The molecule has 4 heteroatoms. The van der Waals surface area contributed by atoms with Gasteiger partial charge in [-0.1, -0.05) is 6.92 Å². The van der Waals surface area contributed by atoms with Crippen LogP contribution in [0.25, 0.3) is 0 Å². The number of amides is 1. The molecule has 0 aromatic carbocycles. The normalized spacial score (nSPS) is 12.2. The molecule has 1 aromatic heterocycles. The van der Waals surface area contributed by atoms with Crippen LogP contribution in [0.15, 0.2) is 24.5 Å². The number of nitrogens with zero attached hydrogens (tertiary/aromatic N) is 2. The van der Waals surface area contributed by atoms with E-state index in [0.717, 1.165) is 18.4 Å². The fourth-order valence-electron chi connectivity index (χ4n) is 1.76. The van der Waals surface area contributed by atoms with Crippen molar-refractivity contribution in [2.75, 3.05) is 13.6 Å². The summed E-state index contributed by atoms with van der Waals surface area (Å²) in [6.07, 6.45) is 5.24. The predicted octanol–water partition coefficient (Wildman–Crippen LogP) is 1.41. The maximum atomic E-state index is 12.0. The Balaban J connectivity index is 2.47. The van der Waals surface area contributed by atoms with Crippen molar-refractivity contribution in [1.29, 1.82) is 0 Å². The van der Waals surface area contributed by atoms with E-state index in [1.807, 2.05) is 26.1 Å². The van der Waals surface area contributed by atoms with Gasteiger partial charge in [0.15, 0.2) is 0 Å². The summed E-state index contributed by atoms with van der Waals surface area (Å²) >= 11 is 0. The zero-order valence-corrected chi connectivity index (χ0v) is 10.6. The van der Waals surface area contributed by atoms with Gasteiger partial charge in [0.1, 0.15) is 0 Å². The fraction of sp³-hybridized carbons (Fsp3) is 0.538. The van der Waals surface area contributed by atoms with Gasteiger partial charge >= 0.3 is 0 Å². The summed E-state index contributed by atoms with van der Waals surface area (Å²) in [5, 5.41) is 0. The van der Waals surface area contributed by atoms with E-state index in [2.05, 4.69) is 4.98 Å². The molecule has 4 nitrogen and oxygen atoms in total. The summed E-state index contributed by atoms with van der Waals surface area (Å²) in [4.78, 5) is 17.7. The van der Waals surface area contributed by atoms with E-state index >= 15 is 0 Å². The molecule has 2 N–H and O–H groups in total. The Morgan fingerprint density at radius 2 is 2.12 bits per heavy atom. The van der Waals surface area contributed by atoms with Crippen LogP contribution in [0.5, 0.6) is 0 Å². The van der Waals surface area contributed by atoms with Crippen LogP contribution < -0.4 is 5.73 Å². The van der Waals surface area contributed by atoms with Gasteiger partial charge in [0.05, 0.1) is 0 Å². The van der Waals surface area contributed by atoms with Crippen LogP contribution in [-0.4, -0.2) is 29.4 Å². The Bertz CT molecular complexity index is 340. The zero-order chi connectivity index (χ0) is 12.7. The van der Waals surface area contributed by atoms with E-state index in [9.17, 15) is 4.79 Å². The molecule has 0 bridgehead atoms. The quantitative estimate of drug-likeness (QED) is 0.811. The number of hydrogen-bond acceptors (Lipinski definition) is 3. The van der Waals surface area contributed by atoms with E-state index < -0.39 is 0 Å². The fourth-order valence-corrected chi connectivity index (χ4v) is 1.76. The van der Waals surface area contributed by atoms with Crippen LogP contribution in [0.1, 0.15) is 25.3 Å². The van der Waals surface area contributed by atoms with Gasteiger partial charge in [-0.15, -0.1) is 0 Å². The monoisotopic (exact) mass is 235 g/mol. The first-order valence-electron chi connectivity index (χ1n) is 5.99. The predicted molar refractivity (Wildman–Crippen MR) is 68.2 cm³/mol. The number of nitrogens with two attached hydrogens (primary N) is 1. The van der Waals surface area contributed by atoms with E-state index in [1.165, 1.54) is 0 Å². The van der Waals surface area contributed by atoms with Gasteiger partial charge in [-0.05, 0) is 37.1 Å². The molecule has 1 amide bonds. The summed E-state index contributed by atoms with van der Waals surface area (Å²) in [6.45, 7) is 3.24. The Kier molecular flexibility index (Phi) is 5.63. The highest BCUT2D eigenvalue weighted by atomic mass is 16.2. The second kappa shape index (κ2) is 7.01. The van der Waals surface area contributed by atoms with Crippen molar-refractivity contribution in [3.8, 4) is 0 Å². The lowest BCUT2D eigenvalue weighted by Crippen LogP contribution is -2.31. The molecule has 0 saturated carbocycles. The molecule has 0 radical (unpaired) electrons. The van der Waals surface area contributed by atoms with Crippen molar-refractivity contribution in [2.24, 2.45) is 11.7 Å². The second-order valence-electron chi connectivity index (χ2n) is 4.38. The number of carbonyl (C=O) groups is 1. The molecule has 0 aliphatic rings. The van der Waals surface area contributed by atoms with E-state index in [-0.39, 0.29) is 11.8 Å². The van der Waals surface area contributed by atoms with Crippen LogP contribution in [0.4, 0.5) is 0 Å². The molecule has 17 heavy (non-hydrogen) atoms. The van der Waals surface area contributed by atoms with Crippen molar-refractivity contribution in [2.45, 2.75) is 26.3 Å². The highest BCUT2D eigenvalue weighted by Crippen LogP contribution is 2.10. The van der Waals surface area contributed by atoms with Crippen molar-refractivity contribution in [3.63, 3.8) is 0 Å². The van der Waals surface area contributed by atoms with Crippen LogP contribution in [0.3, 0.4) is 0 Å². The van der Waals surface area contributed by atoms with Crippen LogP contribution in [0, 0.1) is 5.92 Å². The van der Waals surface area contributed by atoms with Gasteiger partial charge in [0, 0.05) is 31.9 Å². The van der Waals surface area contributed by atoms with E-state index in [4.69, 9.17) is 5.73 Å². The third-order valence-electron chi connectivity index (χ3n) is 2.81. The Morgan fingerprint density at radius 1 is 1.47 bits per heavy atom. The summed E-state index contributed by atoms with van der Waals surface area (Å²) in [5.74, 6) is 0.223. The lowest BCUT2D eigenvalue weighted by atomic mass is 10.0. The molecular weight excluding hydrogens is 214 g/mol. The lowest BCUT2D eigenvalue weighted by molar-refractivity contribution is -0.134. The van der Waals surface area contributed by atoms with Crippen molar-refractivity contribution in [1.82, 2.24) is 9.88 Å². The highest BCUT2D eigenvalue weighted by Gasteiger charge is 2.16. The molecule has 0 aliphatic carbocycles. The van der Waals surface area contributed by atoms with Gasteiger partial charge in [0.25, 0.3) is 0 Å². The zero-order valence-electron chi connectivity index (χ0n) is 10.6. The molecule has 0 aliphatic heterocycles. The smallest absolute Gasteiger partial charge is 0.225 e. The summed E-state index contributed by atoms with van der Waals surface area (Å²) in [5.41, 5.74) is 6.54. The number of aromatic nitrogens is 1. The Hall–Kier alpha value is -1.42. The van der Waals surface area contributed by atoms with Crippen molar-refractivity contribution >= 4 is 5.91 Å². The number of carbonyl (C=O) groups excluding carboxylic acids is 1. The number of rotatable bonds is 6. The largest absolute Gasteiger partial charge is 0.341 e. The average Bonchev–Trinajstić information content (AvgIpc) is 2.36. The molecular formula is C13H21N3O. The summed E-state index contributed by atoms with van der Waals surface area (Å²) in [7, 11) is 1.84. The van der Waals surface area contributed by atoms with Crippen molar-refractivity contribution < 1.29 is 4.79 Å². The van der Waals surface area contributed by atoms with Crippen LogP contribution >= 0.6 is 0 Å². The van der Waals surface area contributed by atoms with Gasteiger partial charge < -0.3 is 10.6 Å². The average molecular weight is 235 g/mol. The Labute approximate surface area is 103 Å². The number of hydrogen-bond donors (Lipinski definition) is 1. The van der Waals surface area contributed by atoms with E-state index in [1.54, 1.807) is 17.3 Å². The first kappa shape index (κ1) is 13.6. The lowest BCUT2D eigenvalue weighted by Gasteiger charge is -2.21. The minimum absolute atomic E-state index is 0.0467. The third kappa shape index (κ3) is 4.53. The standard InChI is InChI=1S/C13H21N3O/c1-11(4-3-7-14)13(17)16(2)10-12-5-8-15-9-6-12/h5-6,8-9,11H,3-4,7,10,14H2,1-2H3. The van der Waals surface area contributed by atoms with Crippen molar-refractivity contribution in [3.05, 3.63) is 30.1 Å². The maximum absolute atomic E-state index is 12.0. The van der Waals surface area contributed by atoms with Crippen LogP contribution in [0.2, 0.25) is 0 Å². The molecule has 0 fully saturated rings. The SMILES string of the molecule is CC(CCCN)C(=O)N(C)Cc1ccncc1. The summed E-state index contributed by atoms with van der Waals surface area (Å²) in [6, 6.07) is 3.85. The van der Waals surface area contributed by atoms with Crippen LogP contribution in [-0.2, 0) is 11.3 Å². The number of pyridine rings is 1. The molecule has 1 unspecified atom stereocenters. The van der Waals surface area contributed by atoms with Gasteiger partial charge in [0.2, 0.25) is 5.91 Å². The second-order valence-corrected chi connectivity index (χ2v) is 4.38. The minimum atomic E-state index is 0.0467. The topological polar surface area (TPSA) is 59.2 Å². The summed E-state index contributed by atoms with van der Waals surface area (Å²) < 4.78 is 0. The molecule has 1 aromatic rings. The van der Waals surface area contributed by atoms with Gasteiger partial charge in [-0.25, -0.2) is 0 Å². The minimum Gasteiger partial charge on any atom is -0.341 e. The Morgan fingerprint density at radius 3 is 2.71 bits per heavy atom. The molecule has 1 rings (SSSR count). The molecule has 0 spiro atoms. The van der Waals surface area contributed by atoms with Gasteiger partial charge in [-0.2, -0.15) is 0 Å². The highest BCUT2D eigenvalue weighted by molar-refractivity contribution is 5.78. The molecule has 1 atom stereocenters.